The van der Waals surface area contributed by atoms with Gasteiger partial charge >= 0.3 is 0 Å². The number of nitrogens with zero attached hydrogens (tertiary/aromatic N) is 3. The Morgan fingerprint density at radius 1 is 1.50 bits per heavy atom. The van der Waals surface area contributed by atoms with E-state index in [1.165, 1.54) is 0 Å². The van der Waals surface area contributed by atoms with Crippen LogP contribution in [0.15, 0.2) is 0 Å². The molecule has 0 fully saturated rings. The standard InChI is InChI=1S/C6H11N3O/c1-4(2)6-5(3)7-8-9(6)10/h4,10H,1-3H3. The number of hydrogen-bond acceptors (Lipinski definition) is 3. The van der Waals surface area contributed by atoms with E-state index in [-0.39, 0.29) is 5.92 Å². The molecular weight excluding hydrogens is 130 g/mol. The van der Waals surface area contributed by atoms with Gasteiger partial charge in [0, 0.05) is 5.92 Å². The van der Waals surface area contributed by atoms with Crippen molar-refractivity contribution in [2.45, 2.75) is 26.7 Å². The summed E-state index contributed by atoms with van der Waals surface area (Å²) in [6.07, 6.45) is 0. The summed E-state index contributed by atoms with van der Waals surface area (Å²) in [5, 5.41) is 16.2. The Kier molecular flexibility index (Phi) is 1.61. The second-order valence-electron chi connectivity index (χ2n) is 2.60. The van der Waals surface area contributed by atoms with Gasteiger partial charge in [0.05, 0.1) is 5.69 Å². The number of aryl methyl sites for hydroxylation is 1. The fourth-order valence-corrected chi connectivity index (χ4v) is 1.00. The minimum atomic E-state index is 0.264. The van der Waals surface area contributed by atoms with Crippen LogP contribution < -0.4 is 0 Å². The van der Waals surface area contributed by atoms with Gasteiger partial charge in [-0.3, -0.25) is 0 Å². The van der Waals surface area contributed by atoms with Gasteiger partial charge in [0.1, 0.15) is 5.69 Å². The summed E-state index contributed by atoms with van der Waals surface area (Å²) >= 11 is 0. The van der Waals surface area contributed by atoms with Crippen molar-refractivity contribution >= 4 is 0 Å². The number of aromatic nitrogens is 3. The average molecular weight is 141 g/mol. The van der Waals surface area contributed by atoms with Crippen LogP contribution in [0.1, 0.15) is 31.2 Å². The van der Waals surface area contributed by atoms with Crippen molar-refractivity contribution in [2.75, 3.05) is 0 Å². The molecule has 0 aromatic carbocycles. The quantitative estimate of drug-likeness (QED) is 0.592. The monoisotopic (exact) mass is 141 g/mol. The molecule has 56 valence electrons. The van der Waals surface area contributed by atoms with Gasteiger partial charge in [-0.1, -0.05) is 18.7 Å². The lowest BCUT2D eigenvalue weighted by atomic mass is 10.1. The molecule has 1 aromatic rings. The van der Waals surface area contributed by atoms with Crippen LogP contribution in [0.25, 0.3) is 0 Å². The molecule has 1 heterocycles. The minimum Gasteiger partial charge on any atom is -0.410 e. The molecule has 1 rings (SSSR count). The van der Waals surface area contributed by atoms with E-state index in [2.05, 4.69) is 10.3 Å². The Morgan fingerprint density at radius 3 is 2.30 bits per heavy atom. The average Bonchev–Trinajstić information content (AvgIpc) is 2.11. The largest absolute Gasteiger partial charge is 0.410 e. The van der Waals surface area contributed by atoms with E-state index in [0.29, 0.717) is 0 Å². The topological polar surface area (TPSA) is 50.9 Å². The van der Waals surface area contributed by atoms with E-state index in [9.17, 15) is 0 Å². The molecule has 10 heavy (non-hydrogen) atoms. The highest BCUT2D eigenvalue weighted by molar-refractivity contribution is 5.10. The summed E-state index contributed by atoms with van der Waals surface area (Å²) in [5.41, 5.74) is 1.57. The molecule has 1 N–H and O–H groups in total. The normalized spacial score (nSPS) is 10.8. The van der Waals surface area contributed by atoms with Crippen LogP contribution in [-0.4, -0.2) is 20.4 Å². The predicted molar refractivity (Wildman–Crippen MR) is 36.0 cm³/mol. The van der Waals surface area contributed by atoms with Gasteiger partial charge in [0.2, 0.25) is 0 Å². The highest BCUT2D eigenvalue weighted by atomic mass is 16.5. The fraction of sp³-hybridized carbons (Fsp3) is 0.667. The van der Waals surface area contributed by atoms with E-state index in [1.54, 1.807) is 0 Å². The first kappa shape index (κ1) is 7.05. The van der Waals surface area contributed by atoms with Gasteiger partial charge in [-0.25, -0.2) is 0 Å². The maximum Gasteiger partial charge on any atom is 0.106 e. The SMILES string of the molecule is Cc1nnn(O)c1C(C)C. The minimum absolute atomic E-state index is 0.264. The lowest BCUT2D eigenvalue weighted by Crippen LogP contribution is -2.02. The Balaban J connectivity index is 3.10. The van der Waals surface area contributed by atoms with Crippen LogP contribution in [0.2, 0.25) is 0 Å². The van der Waals surface area contributed by atoms with Crippen molar-refractivity contribution in [3.05, 3.63) is 11.4 Å². The van der Waals surface area contributed by atoms with Crippen LogP contribution in [0.5, 0.6) is 0 Å². The molecule has 0 unspecified atom stereocenters. The van der Waals surface area contributed by atoms with Gasteiger partial charge in [0.15, 0.2) is 0 Å². The van der Waals surface area contributed by atoms with Gasteiger partial charge < -0.3 is 5.21 Å². The second kappa shape index (κ2) is 2.28. The third kappa shape index (κ3) is 0.964. The molecule has 0 radical (unpaired) electrons. The fourth-order valence-electron chi connectivity index (χ4n) is 1.00. The zero-order valence-corrected chi connectivity index (χ0v) is 6.37. The Labute approximate surface area is 59.4 Å². The highest BCUT2D eigenvalue weighted by Crippen LogP contribution is 2.14. The maximum absolute atomic E-state index is 9.04. The second-order valence-corrected chi connectivity index (χ2v) is 2.60. The van der Waals surface area contributed by atoms with Gasteiger partial charge in [0.25, 0.3) is 0 Å². The highest BCUT2D eigenvalue weighted by Gasteiger charge is 2.11. The van der Waals surface area contributed by atoms with E-state index in [1.807, 2.05) is 20.8 Å². The third-order valence-corrected chi connectivity index (χ3v) is 1.41. The first-order valence-corrected chi connectivity index (χ1v) is 3.24. The Hall–Kier alpha value is -1.06. The summed E-state index contributed by atoms with van der Waals surface area (Å²) in [5.74, 6) is 0.264. The molecule has 0 aliphatic heterocycles. The van der Waals surface area contributed by atoms with Crippen molar-refractivity contribution in [3.8, 4) is 0 Å². The van der Waals surface area contributed by atoms with Crippen LogP contribution in [0.4, 0.5) is 0 Å². The van der Waals surface area contributed by atoms with Crippen molar-refractivity contribution in [3.63, 3.8) is 0 Å². The molecule has 0 saturated heterocycles. The summed E-state index contributed by atoms with van der Waals surface area (Å²) in [6, 6.07) is 0. The first-order chi connectivity index (χ1) is 4.63. The van der Waals surface area contributed by atoms with Crippen molar-refractivity contribution in [1.29, 1.82) is 0 Å². The maximum atomic E-state index is 9.04. The summed E-state index contributed by atoms with van der Waals surface area (Å²) < 4.78 is 0. The zero-order valence-electron chi connectivity index (χ0n) is 6.37. The first-order valence-electron chi connectivity index (χ1n) is 3.24. The lowest BCUT2D eigenvalue weighted by molar-refractivity contribution is 0.132. The summed E-state index contributed by atoms with van der Waals surface area (Å²) in [4.78, 5) is 0.833. The van der Waals surface area contributed by atoms with Crippen LogP contribution in [-0.2, 0) is 0 Å². The molecule has 1 aromatic heterocycles. The predicted octanol–water partition coefficient (Wildman–Crippen LogP) is 0.947. The molecule has 4 nitrogen and oxygen atoms in total. The molecule has 0 amide bonds. The number of hydrogen-bond donors (Lipinski definition) is 1. The van der Waals surface area contributed by atoms with Crippen LogP contribution in [0.3, 0.4) is 0 Å². The molecule has 4 heteroatoms. The molecule has 0 aliphatic rings. The third-order valence-electron chi connectivity index (χ3n) is 1.41. The van der Waals surface area contributed by atoms with E-state index >= 15 is 0 Å². The van der Waals surface area contributed by atoms with E-state index < -0.39 is 0 Å². The molecule has 0 spiro atoms. The molecular formula is C6H11N3O. The summed E-state index contributed by atoms with van der Waals surface area (Å²) in [6.45, 7) is 5.80. The summed E-state index contributed by atoms with van der Waals surface area (Å²) in [7, 11) is 0. The zero-order chi connectivity index (χ0) is 7.72. The molecule has 0 aliphatic carbocycles. The smallest absolute Gasteiger partial charge is 0.106 e. The van der Waals surface area contributed by atoms with Crippen LogP contribution >= 0.6 is 0 Å². The van der Waals surface area contributed by atoms with Gasteiger partial charge in [-0.05, 0) is 12.1 Å². The van der Waals surface area contributed by atoms with Crippen molar-refractivity contribution in [2.24, 2.45) is 0 Å². The Morgan fingerprint density at radius 2 is 2.10 bits per heavy atom. The Bertz CT molecular complexity index is 209. The van der Waals surface area contributed by atoms with Crippen molar-refractivity contribution < 1.29 is 5.21 Å². The van der Waals surface area contributed by atoms with E-state index in [0.717, 1.165) is 16.2 Å². The van der Waals surface area contributed by atoms with Gasteiger partial charge in [-0.15, -0.1) is 5.10 Å². The molecule has 0 atom stereocenters. The van der Waals surface area contributed by atoms with Gasteiger partial charge in [-0.2, -0.15) is 0 Å². The lowest BCUT2D eigenvalue weighted by Gasteiger charge is -2.02. The molecule has 0 bridgehead atoms. The van der Waals surface area contributed by atoms with E-state index in [4.69, 9.17) is 5.21 Å². The molecule has 0 saturated carbocycles. The number of rotatable bonds is 1. The van der Waals surface area contributed by atoms with Crippen LogP contribution in [0, 0.1) is 6.92 Å². The van der Waals surface area contributed by atoms with Crippen molar-refractivity contribution in [1.82, 2.24) is 15.2 Å².